The van der Waals surface area contributed by atoms with Gasteiger partial charge in [-0.05, 0) is 68.4 Å². The van der Waals surface area contributed by atoms with E-state index in [0.717, 1.165) is 35.6 Å². The van der Waals surface area contributed by atoms with Crippen LogP contribution in [0.1, 0.15) is 38.2 Å². The highest BCUT2D eigenvalue weighted by Crippen LogP contribution is 2.31. The minimum absolute atomic E-state index is 0.0346. The molecule has 0 bridgehead atoms. The molecule has 0 atom stereocenters. The number of amides is 1. The molecule has 3 aromatic rings. The number of aromatic nitrogens is 4. The first-order valence-corrected chi connectivity index (χ1v) is 11.9. The minimum atomic E-state index is 0.0346. The Kier molecular flexibility index (Phi) is 6.92. The van der Waals surface area contributed by atoms with Crippen molar-refractivity contribution in [2.75, 3.05) is 5.75 Å². The zero-order valence-corrected chi connectivity index (χ0v) is 19.3. The number of carbonyl (C=O) groups is 1. The molecule has 31 heavy (non-hydrogen) atoms. The fourth-order valence-electron chi connectivity index (χ4n) is 3.91. The molecule has 0 unspecified atom stereocenters. The Hall–Kier alpha value is -2.38. The molecule has 162 valence electrons. The number of thioether (sulfide) groups is 1. The second-order valence-electron chi connectivity index (χ2n) is 8.07. The SMILES string of the molecule is Cc1c(Cl)cccc1-n1c(SCC(=O)NC2CCC(C)CC2)nnc1-c1ccncc1. The number of hydrogen-bond acceptors (Lipinski definition) is 5. The molecule has 1 amide bonds. The third-order valence-electron chi connectivity index (χ3n) is 5.77. The molecule has 2 aromatic heterocycles. The largest absolute Gasteiger partial charge is 0.353 e. The van der Waals surface area contributed by atoms with Gasteiger partial charge < -0.3 is 5.32 Å². The summed E-state index contributed by atoms with van der Waals surface area (Å²) in [5, 5.41) is 13.3. The summed E-state index contributed by atoms with van der Waals surface area (Å²) in [6.07, 6.45) is 7.92. The number of benzene rings is 1. The van der Waals surface area contributed by atoms with Crippen LogP contribution in [0.5, 0.6) is 0 Å². The lowest BCUT2D eigenvalue weighted by molar-refractivity contribution is -0.119. The summed E-state index contributed by atoms with van der Waals surface area (Å²) in [5.41, 5.74) is 2.73. The quantitative estimate of drug-likeness (QED) is 0.525. The highest BCUT2D eigenvalue weighted by atomic mass is 35.5. The van der Waals surface area contributed by atoms with Crippen molar-refractivity contribution in [3.63, 3.8) is 0 Å². The van der Waals surface area contributed by atoms with Crippen LogP contribution in [0.4, 0.5) is 0 Å². The van der Waals surface area contributed by atoms with Crippen LogP contribution in [0.3, 0.4) is 0 Å². The van der Waals surface area contributed by atoms with Gasteiger partial charge in [-0.1, -0.05) is 36.4 Å². The number of hydrogen-bond donors (Lipinski definition) is 1. The van der Waals surface area contributed by atoms with Gasteiger partial charge in [0.25, 0.3) is 0 Å². The van der Waals surface area contributed by atoms with E-state index in [2.05, 4.69) is 27.4 Å². The smallest absolute Gasteiger partial charge is 0.230 e. The predicted molar refractivity (Wildman–Crippen MR) is 125 cm³/mol. The van der Waals surface area contributed by atoms with Crippen molar-refractivity contribution in [3.8, 4) is 17.1 Å². The third kappa shape index (κ3) is 5.10. The summed E-state index contributed by atoms with van der Waals surface area (Å²) in [6.45, 7) is 4.25. The molecule has 1 aromatic carbocycles. The van der Waals surface area contributed by atoms with Crippen molar-refractivity contribution in [1.82, 2.24) is 25.1 Å². The average Bonchev–Trinajstić information content (AvgIpc) is 3.20. The molecule has 1 N–H and O–H groups in total. The van der Waals surface area contributed by atoms with Gasteiger partial charge in [-0.3, -0.25) is 14.3 Å². The van der Waals surface area contributed by atoms with Crippen LogP contribution in [0.15, 0.2) is 47.9 Å². The van der Waals surface area contributed by atoms with Crippen molar-refractivity contribution in [2.24, 2.45) is 5.92 Å². The fraction of sp³-hybridized carbons (Fsp3) is 0.391. The lowest BCUT2D eigenvalue weighted by atomic mass is 9.87. The normalized spacial score (nSPS) is 18.7. The maximum atomic E-state index is 12.6. The molecule has 6 nitrogen and oxygen atoms in total. The van der Waals surface area contributed by atoms with Crippen LogP contribution in [0.25, 0.3) is 17.1 Å². The van der Waals surface area contributed by atoms with Gasteiger partial charge in [0.2, 0.25) is 5.91 Å². The number of pyridine rings is 1. The summed E-state index contributed by atoms with van der Waals surface area (Å²) in [6, 6.07) is 9.83. The molecular weight excluding hydrogens is 430 g/mol. The minimum Gasteiger partial charge on any atom is -0.353 e. The van der Waals surface area contributed by atoms with Crippen LogP contribution < -0.4 is 5.32 Å². The lowest BCUT2D eigenvalue weighted by Gasteiger charge is -2.26. The van der Waals surface area contributed by atoms with Crippen molar-refractivity contribution in [1.29, 1.82) is 0 Å². The van der Waals surface area contributed by atoms with Crippen LogP contribution in [0, 0.1) is 12.8 Å². The van der Waals surface area contributed by atoms with Gasteiger partial charge in [-0.25, -0.2) is 0 Å². The third-order valence-corrected chi connectivity index (χ3v) is 7.10. The molecule has 1 fully saturated rings. The van der Waals surface area contributed by atoms with E-state index in [9.17, 15) is 4.79 Å². The van der Waals surface area contributed by atoms with Crippen LogP contribution in [-0.4, -0.2) is 37.5 Å². The van der Waals surface area contributed by atoms with E-state index in [1.165, 1.54) is 24.6 Å². The number of halogens is 1. The summed E-state index contributed by atoms with van der Waals surface area (Å²) in [7, 11) is 0. The first-order chi connectivity index (χ1) is 15.0. The Bertz CT molecular complexity index is 1050. The summed E-state index contributed by atoms with van der Waals surface area (Å²) < 4.78 is 1.97. The number of nitrogens with zero attached hydrogens (tertiary/aromatic N) is 4. The van der Waals surface area contributed by atoms with Gasteiger partial charge in [0, 0.05) is 29.0 Å². The van der Waals surface area contributed by atoms with Gasteiger partial charge in [0.15, 0.2) is 11.0 Å². The van der Waals surface area contributed by atoms with Gasteiger partial charge in [-0.2, -0.15) is 0 Å². The van der Waals surface area contributed by atoms with E-state index in [-0.39, 0.29) is 11.9 Å². The molecule has 0 spiro atoms. The first kappa shape index (κ1) is 21.8. The van der Waals surface area contributed by atoms with Crippen LogP contribution in [0.2, 0.25) is 5.02 Å². The zero-order chi connectivity index (χ0) is 21.8. The zero-order valence-electron chi connectivity index (χ0n) is 17.7. The van der Waals surface area contributed by atoms with E-state index in [0.29, 0.717) is 21.8 Å². The Morgan fingerprint density at radius 2 is 1.90 bits per heavy atom. The fourth-order valence-corrected chi connectivity index (χ4v) is 4.84. The van der Waals surface area contributed by atoms with Gasteiger partial charge in [0.05, 0.1) is 11.4 Å². The molecular formula is C23H26ClN5OS. The number of rotatable bonds is 6. The first-order valence-electron chi connectivity index (χ1n) is 10.6. The Morgan fingerprint density at radius 3 is 2.65 bits per heavy atom. The van der Waals surface area contributed by atoms with E-state index in [4.69, 9.17) is 11.6 Å². The second kappa shape index (κ2) is 9.83. The van der Waals surface area contributed by atoms with E-state index >= 15 is 0 Å². The van der Waals surface area contributed by atoms with E-state index in [1.807, 2.05) is 41.8 Å². The van der Waals surface area contributed by atoms with Crippen molar-refractivity contribution >= 4 is 29.3 Å². The monoisotopic (exact) mass is 455 g/mol. The van der Waals surface area contributed by atoms with Crippen molar-refractivity contribution in [2.45, 2.75) is 50.7 Å². The maximum absolute atomic E-state index is 12.6. The predicted octanol–water partition coefficient (Wildman–Crippen LogP) is 5.08. The Labute approximate surface area is 191 Å². The van der Waals surface area contributed by atoms with Gasteiger partial charge in [0.1, 0.15) is 0 Å². The van der Waals surface area contributed by atoms with Gasteiger partial charge >= 0.3 is 0 Å². The molecule has 8 heteroatoms. The second-order valence-corrected chi connectivity index (χ2v) is 9.42. The van der Waals surface area contributed by atoms with E-state index in [1.54, 1.807) is 12.4 Å². The summed E-state index contributed by atoms with van der Waals surface area (Å²) >= 11 is 7.78. The average molecular weight is 456 g/mol. The number of carbonyl (C=O) groups excluding carboxylic acids is 1. The Morgan fingerprint density at radius 1 is 1.16 bits per heavy atom. The highest BCUT2D eigenvalue weighted by molar-refractivity contribution is 7.99. The Balaban J connectivity index is 1.57. The highest BCUT2D eigenvalue weighted by Gasteiger charge is 2.22. The molecule has 2 heterocycles. The summed E-state index contributed by atoms with van der Waals surface area (Å²) in [4.78, 5) is 16.7. The lowest BCUT2D eigenvalue weighted by Crippen LogP contribution is -2.38. The molecule has 1 saturated carbocycles. The van der Waals surface area contributed by atoms with Crippen LogP contribution >= 0.6 is 23.4 Å². The van der Waals surface area contributed by atoms with Crippen molar-refractivity contribution in [3.05, 3.63) is 53.3 Å². The molecule has 0 radical (unpaired) electrons. The topological polar surface area (TPSA) is 72.7 Å². The summed E-state index contributed by atoms with van der Waals surface area (Å²) in [5.74, 6) is 1.78. The molecule has 0 aliphatic heterocycles. The number of nitrogens with one attached hydrogen (secondary N) is 1. The molecule has 4 rings (SSSR count). The molecule has 0 saturated heterocycles. The molecule has 1 aliphatic carbocycles. The molecule has 1 aliphatic rings. The van der Waals surface area contributed by atoms with Crippen LogP contribution in [-0.2, 0) is 4.79 Å². The van der Waals surface area contributed by atoms with Gasteiger partial charge in [-0.15, -0.1) is 10.2 Å². The van der Waals surface area contributed by atoms with Crippen molar-refractivity contribution < 1.29 is 4.79 Å². The van der Waals surface area contributed by atoms with E-state index < -0.39 is 0 Å². The maximum Gasteiger partial charge on any atom is 0.230 e. The standard InChI is InChI=1S/C23H26ClN5OS/c1-15-6-8-18(9-7-15)26-21(30)14-31-23-28-27-22(17-10-12-25-13-11-17)29(23)20-5-3-4-19(24)16(20)2/h3-5,10-13,15,18H,6-9,14H2,1-2H3,(H,26,30).